The molecule has 4 nitrogen and oxygen atoms in total. The second-order valence-corrected chi connectivity index (χ2v) is 2.93. The van der Waals surface area contributed by atoms with Crippen LogP contribution in [-0.4, -0.2) is 62.6 Å². The molecule has 72 valence electrons. The molecule has 2 N–H and O–H groups in total. The lowest BCUT2D eigenvalue weighted by atomic mass is 10.4. The zero-order valence-corrected chi connectivity index (χ0v) is 7.46. The van der Waals surface area contributed by atoms with Crippen LogP contribution in [-0.2, 0) is 4.74 Å². The summed E-state index contributed by atoms with van der Waals surface area (Å²) in [4.78, 5) is 2.37. The Hall–Kier alpha value is -0.160. The Morgan fingerprint density at radius 1 is 1.25 bits per heavy atom. The topological polar surface area (TPSA) is 44.7 Å². The van der Waals surface area contributed by atoms with Crippen LogP contribution in [0.4, 0.5) is 0 Å². The first-order chi connectivity index (χ1) is 5.93. The van der Waals surface area contributed by atoms with Gasteiger partial charge in [0.25, 0.3) is 0 Å². The zero-order chi connectivity index (χ0) is 8.65. The van der Waals surface area contributed by atoms with Gasteiger partial charge in [-0.3, -0.25) is 4.90 Å². The number of nitrogens with one attached hydrogen (secondary N) is 1. The van der Waals surface area contributed by atoms with Crippen molar-refractivity contribution >= 4 is 0 Å². The molecule has 1 heterocycles. The maximum Gasteiger partial charge on any atom is 0.0594 e. The highest BCUT2D eigenvalue weighted by atomic mass is 16.5. The van der Waals surface area contributed by atoms with Crippen LogP contribution in [0.1, 0.15) is 0 Å². The van der Waals surface area contributed by atoms with Crippen molar-refractivity contribution in [1.29, 1.82) is 0 Å². The minimum atomic E-state index is 0.225. The number of ether oxygens (including phenoxy) is 1. The first-order valence-corrected chi connectivity index (χ1v) is 4.55. The summed E-state index contributed by atoms with van der Waals surface area (Å²) in [5.74, 6) is 0. The lowest BCUT2D eigenvalue weighted by molar-refractivity contribution is 0.0383. The van der Waals surface area contributed by atoms with E-state index in [-0.39, 0.29) is 6.61 Å². The molecular formula is C8H18N2O2. The largest absolute Gasteiger partial charge is 0.395 e. The third-order valence-corrected chi connectivity index (χ3v) is 2.00. The normalized spacial score (nSPS) is 19.8. The molecule has 1 aliphatic rings. The van der Waals surface area contributed by atoms with Gasteiger partial charge in [-0.1, -0.05) is 0 Å². The van der Waals surface area contributed by atoms with Gasteiger partial charge in [-0.2, -0.15) is 0 Å². The van der Waals surface area contributed by atoms with Gasteiger partial charge in [-0.05, 0) is 0 Å². The van der Waals surface area contributed by atoms with Crippen molar-refractivity contribution in [2.75, 3.05) is 52.5 Å². The molecule has 0 radical (unpaired) electrons. The lowest BCUT2D eigenvalue weighted by Crippen LogP contribution is -2.40. The monoisotopic (exact) mass is 174 g/mol. The zero-order valence-electron chi connectivity index (χ0n) is 7.46. The second kappa shape index (κ2) is 6.37. The maximum atomic E-state index is 8.51. The van der Waals surface area contributed by atoms with Crippen LogP contribution in [0.3, 0.4) is 0 Å². The fraction of sp³-hybridized carbons (Fsp3) is 1.00. The minimum Gasteiger partial charge on any atom is -0.395 e. The van der Waals surface area contributed by atoms with Crippen molar-refractivity contribution in [3.8, 4) is 0 Å². The summed E-state index contributed by atoms with van der Waals surface area (Å²) >= 11 is 0. The number of rotatable bonds is 5. The lowest BCUT2D eigenvalue weighted by Gasteiger charge is -2.26. The SMILES string of the molecule is OCCNCCN1CCOCC1. The predicted octanol–water partition coefficient (Wildman–Crippen LogP) is -1.10. The Labute approximate surface area is 73.5 Å². The van der Waals surface area contributed by atoms with E-state index in [9.17, 15) is 0 Å². The first kappa shape index (κ1) is 9.92. The molecule has 4 heteroatoms. The average molecular weight is 174 g/mol. The van der Waals surface area contributed by atoms with Crippen molar-refractivity contribution in [2.24, 2.45) is 0 Å². The second-order valence-electron chi connectivity index (χ2n) is 2.93. The van der Waals surface area contributed by atoms with Crippen LogP contribution < -0.4 is 5.32 Å². The average Bonchev–Trinajstić information content (AvgIpc) is 2.14. The number of hydrogen-bond donors (Lipinski definition) is 2. The maximum absolute atomic E-state index is 8.51. The van der Waals surface area contributed by atoms with Gasteiger partial charge in [0.1, 0.15) is 0 Å². The Morgan fingerprint density at radius 2 is 2.00 bits per heavy atom. The first-order valence-electron chi connectivity index (χ1n) is 4.55. The van der Waals surface area contributed by atoms with Crippen molar-refractivity contribution in [3.63, 3.8) is 0 Å². The predicted molar refractivity (Wildman–Crippen MR) is 47.2 cm³/mol. The summed E-state index contributed by atoms with van der Waals surface area (Å²) in [5, 5.41) is 11.7. The Morgan fingerprint density at radius 3 is 2.67 bits per heavy atom. The van der Waals surface area contributed by atoms with Crippen molar-refractivity contribution < 1.29 is 9.84 Å². The third kappa shape index (κ3) is 4.01. The molecule has 1 rings (SSSR count). The molecule has 0 amide bonds. The van der Waals surface area contributed by atoms with E-state index in [1.165, 1.54) is 0 Å². The van der Waals surface area contributed by atoms with E-state index >= 15 is 0 Å². The van der Waals surface area contributed by atoms with Crippen molar-refractivity contribution in [3.05, 3.63) is 0 Å². The van der Waals surface area contributed by atoms with Gasteiger partial charge in [-0.25, -0.2) is 0 Å². The highest BCUT2D eigenvalue weighted by Crippen LogP contribution is 1.94. The van der Waals surface area contributed by atoms with Gasteiger partial charge in [0.05, 0.1) is 19.8 Å². The van der Waals surface area contributed by atoms with Crippen LogP contribution >= 0.6 is 0 Å². The Kier molecular flexibility index (Phi) is 5.27. The molecule has 0 spiro atoms. The minimum absolute atomic E-state index is 0.225. The number of morpholine rings is 1. The van der Waals surface area contributed by atoms with Gasteiger partial charge in [0.2, 0.25) is 0 Å². The fourth-order valence-corrected chi connectivity index (χ4v) is 1.27. The summed E-state index contributed by atoms with van der Waals surface area (Å²) in [6.45, 7) is 6.75. The van der Waals surface area contributed by atoms with E-state index in [1.807, 2.05) is 0 Å². The van der Waals surface area contributed by atoms with E-state index in [1.54, 1.807) is 0 Å². The van der Waals surface area contributed by atoms with E-state index in [0.717, 1.165) is 39.4 Å². The highest BCUT2D eigenvalue weighted by Gasteiger charge is 2.08. The number of aliphatic hydroxyl groups is 1. The van der Waals surface area contributed by atoms with Crippen LogP contribution in [0.5, 0.6) is 0 Å². The Balaban J connectivity index is 1.91. The smallest absolute Gasteiger partial charge is 0.0594 e. The summed E-state index contributed by atoms with van der Waals surface area (Å²) < 4.78 is 5.23. The number of hydrogen-bond acceptors (Lipinski definition) is 4. The molecule has 12 heavy (non-hydrogen) atoms. The molecule has 0 bridgehead atoms. The number of aliphatic hydroxyl groups excluding tert-OH is 1. The van der Waals surface area contributed by atoms with Crippen LogP contribution in [0.2, 0.25) is 0 Å². The van der Waals surface area contributed by atoms with Crippen LogP contribution in [0.15, 0.2) is 0 Å². The van der Waals surface area contributed by atoms with E-state index in [2.05, 4.69) is 10.2 Å². The molecule has 0 aromatic carbocycles. The summed E-state index contributed by atoms with van der Waals surface area (Å²) in [7, 11) is 0. The van der Waals surface area contributed by atoms with Crippen LogP contribution in [0, 0.1) is 0 Å². The quantitative estimate of drug-likeness (QED) is 0.519. The van der Waals surface area contributed by atoms with E-state index in [0.29, 0.717) is 6.54 Å². The van der Waals surface area contributed by atoms with E-state index < -0.39 is 0 Å². The molecule has 0 unspecified atom stereocenters. The third-order valence-electron chi connectivity index (χ3n) is 2.00. The molecule has 1 aliphatic heterocycles. The number of nitrogens with zero attached hydrogens (tertiary/aromatic N) is 1. The van der Waals surface area contributed by atoms with Crippen molar-refractivity contribution in [1.82, 2.24) is 10.2 Å². The van der Waals surface area contributed by atoms with Crippen molar-refractivity contribution in [2.45, 2.75) is 0 Å². The molecule has 0 aliphatic carbocycles. The molecular weight excluding hydrogens is 156 g/mol. The van der Waals surface area contributed by atoms with Gasteiger partial charge in [0, 0.05) is 32.7 Å². The van der Waals surface area contributed by atoms with Gasteiger partial charge >= 0.3 is 0 Å². The summed E-state index contributed by atoms with van der Waals surface area (Å²) in [6, 6.07) is 0. The summed E-state index contributed by atoms with van der Waals surface area (Å²) in [6.07, 6.45) is 0. The Bertz CT molecular complexity index is 105. The fourth-order valence-electron chi connectivity index (χ4n) is 1.27. The van der Waals surface area contributed by atoms with Gasteiger partial charge < -0.3 is 15.2 Å². The standard InChI is InChI=1S/C8H18N2O2/c11-6-2-9-1-3-10-4-7-12-8-5-10/h9,11H,1-8H2. The van der Waals surface area contributed by atoms with E-state index in [4.69, 9.17) is 9.84 Å². The molecule has 0 atom stereocenters. The summed E-state index contributed by atoms with van der Waals surface area (Å²) in [5.41, 5.74) is 0. The molecule has 0 aromatic rings. The van der Waals surface area contributed by atoms with Gasteiger partial charge in [-0.15, -0.1) is 0 Å². The molecule has 0 saturated carbocycles. The van der Waals surface area contributed by atoms with Gasteiger partial charge in [0.15, 0.2) is 0 Å². The molecule has 1 saturated heterocycles. The van der Waals surface area contributed by atoms with Crippen LogP contribution in [0.25, 0.3) is 0 Å². The molecule has 0 aromatic heterocycles. The highest BCUT2D eigenvalue weighted by molar-refractivity contribution is 4.62. The molecule has 1 fully saturated rings.